The van der Waals surface area contributed by atoms with Gasteiger partial charge in [-0.05, 0) is 37.0 Å². The van der Waals surface area contributed by atoms with Crippen molar-refractivity contribution >= 4 is 47.4 Å². The number of nitrogens with zero attached hydrogens (tertiary/aromatic N) is 2. The van der Waals surface area contributed by atoms with E-state index in [1.807, 2.05) is 24.3 Å². The van der Waals surface area contributed by atoms with E-state index in [0.29, 0.717) is 6.04 Å². The lowest BCUT2D eigenvalue weighted by Crippen LogP contribution is -2.45. The summed E-state index contributed by atoms with van der Waals surface area (Å²) in [6.07, 6.45) is 7.04. The summed E-state index contributed by atoms with van der Waals surface area (Å²) in [4.78, 5) is 17.8. The summed E-state index contributed by atoms with van der Waals surface area (Å²) in [5.74, 6) is 0.735. The van der Waals surface area contributed by atoms with Crippen LogP contribution >= 0.6 is 35.6 Å². The van der Waals surface area contributed by atoms with E-state index in [1.165, 1.54) is 37.7 Å². The quantitative estimate of drug-likeness (QED) is 0.363. The van der Waals surface area contributed by atoms with Gasteiger partial charge in [-0.3, -0.25) is 4.79 Å². The number of rotatable bonds is 6. The zero-order valence-corrected chi connectivity index (χ0v) is 18.7. The van der Waals surface area contributed by atoms with Gasteiger partial charge >= 0.3 is 0 Å². The van der Waals surface area contributed by atoms with Crippen LogP contribution in [-0.4, -0.2) is 50.0 Å². The van der Waals surface area contributed by atoms with E-state index in [4.69, 9.17) is 11.6 Å². The fourth-order valence-electron chi connectivity index (χ4n) is 2.86. The largest absolute Gasteiger partial charge is 0.356 e. The highest BCUT2D eigenvalue weighted by Crippen LogP contribution is 2.17. The molecule has 1 aromatic rings. The molecule has 0 spiro atoms. The second kappa shape index (κ2) is 12.4. The van der Waals surface area contributed by atoms with Crippen molar-refractivity contribution in [3.8, 4) is 0 Å². The summed E-state index contributed by atoms with van der Waals surface area (Å²) < 4.78 is 0. The van der Waals surface area contributed by atoms with Gasteiger partial charge in [-0.1, -0.05) is 43.0 Å². The van der Waals surface area contributed by atoms with Crippen molar-refractivity contribution in [1.29, 1.82) is 0 Å². The highest BCUT2D eigenvalue weighted by molar-refractivity contribution is 14.0. The Morgan fingerprint density at radius 1 is 1.19 bits per heavy atom. The summed E-state index contributed by atoms with van der Waals surface area (Å²) in [7, 11) is 3.50. The number of hydrogen-bond acceptors (Lipinski definition) is 2. The SMILES string of the molecule is CN(C)C(=O)CN=C(NCCc1ccc(Cl)cc1)NC1CCCCC1.I. The number of nitrogens with one attached hydrogen (secondary N) is 2. The van der Waals surface area contributed by atoms with Crippen molar-refractivity contribution < 1.29 is 4.79 Å². The number of benzene rings is 1. The fraction of sp³-hybridized carbons (Fsp3) is 0.579. The highest BCUT2D eigenvalue weighted by Gasteiger charge is 2.15. The number of likely N-dealkylation sites (N-methyl/N-ethyl adjacent to an activating group) is 1. The van der Waals surface area contributed by atoms with E-state index in [2.05, 4.69) is 15.6 Å². The number of carbonyl (C=O) groups excluding carboxylic acids is 1. The Morgan fingerprint density at radius 3 is 2.46 bits per heavy atom. The van der Waals surface area contributed by atoms with Crippen molar-refractivity contribution in [2.75, 3.05) is 27.2 Å². The van der Waals surface area contributed by atoms with Crippen LogP contribution in [0.1, 0.15) is 37.7 Å². The summed E-state index contributed by atoms with van der Waals surface area (Å²) >= 11 is 5.92. The molecule has 1 aliphatic carbocycles. The van der Waals surface area contributed by atoms with Gasteiger partial charge in [0.2, 0.25) is 5.91 Å². The first-order valence-electron chi connectivity index (χ1n) is 9.04. The number of carbonyl (C=O) groups is 1. The molecule has 26 heavy (non-hydrogen) atoms. The van der Waals surface area contributed by atoms with Crippen LogP contribution in [0.5, 0.6) is 0 Å². The van der Waals surface area contributed by atoms with Crippen molar-refractivity contribution in [1.82, 2.24) is 15.5 Å². The molecule has 1 saturated carbocycles. The predicted octanol–water partition coefficient (Wildman–Crippen LogP) is 3.46. The lowest BCUT2D eigenvalue weighted by Gasteiger charge is -2.25. The first-order chi connectivity index (χ1) is 12.0. The third kappa shape index (κ3) is 8.58. The minimum Gasteiger partial charge on any atom is -0.356 e. The normalized spacial score (nSPS) is 15.1. The molecule has 2 rings (SSSR count). The van der Waals surface area contributed by atoms with E-state index in [9.17, 15) is 4.79 Å². The van der Waals surface area contributed by atoms with Crippen molar-refractivity contribution in [3.63, 3.8) is 0 Å². The zero-order chi connectivity index (χ0) is 18.1. The van der Waals surface area contributed by atoms with Gasteiger partial charge in [0.05, 0.1) is 0 Å². The van der Waals surface area contributed by atoms with Crippen LogP contribution < -0.4 is 10.6 Å². The minimum absolute atomic E-state index is 0. The Kier molecular flexibility index (Phi) is 11.0. The molecule has 146 valence electrons. The van der Waals surface area contributed by atoms with Crippen molar-refractivity contribution in [2.24, 2.45) is 4.99 Å². The molecule has 5 nitrogen and oxygen atoms in total. The number of hydrogen-bond donors (Lipinski definition) is 2. The van der Waals surface area contributed by atoms with Gasteiger partial charge in [0.1, 0.15) is 6.54 Å². The summed E-state index contributed by atoms with van der Waals surface area (Å²) in [5.41, 5.74) is 1.22. The van der Waals surface area contributed by atoms with Crippen LogP contribution in [0.3, 0.4) is 0 Å². The molecule has 7 heteroatoms. The first-order valence-corrected chi connectivity index (χ1v) is 9.42. The van der Waals surface area contributed by atoms with E-state index >= 15 is 0 Å². The smallest absolute Gasteiger partial charge is 0.243 e. The van der Waals surface area contributed by atoms with Crippen LogP contribution in [-0.2, 0) is 11.2 Å². The molecule has 0 aromatic heterocycles. The van der Waals surface area contributed by atoms with Crippen molar-refractivity contribution in [2.45, 2.75) is 44.6 Å². The molecular formula is C19H30ClIN4O. The van der Waals surface area contributed by atoms with Gasteiger partial charge in [-0.15, -0.1) is 24.0 Å². The minimum atomic E-state index is 0. The molecule has 1 aliphatic rings. The van der Waals surface area contributed by atoms with Crippen LogP contribution in [0.15, 0.2) is 29.3 Å². The average molecular weight is 493 g/mol. The Labute approximate surface area is 179 Å². The summed E-state index contributed by atoms with van der Waals surface area (Å²) in [5, 5.41) is 7.60. The van der Waals surface area contributed by atoms with Crippen LogP contribution in [0.2, 0.25) is 5.02 Å². The molecule has 0 radical (unpaired) electrons. The molecule has 0 bridgehead atoms. The lowest BCUT2D eigenvalue weighted by molar-refractivity contribution is -0.127. The Hall–Kier alpha value is -1.02. The maximum atomic E-state index is 11.8. The monoisotopic (exact) mass is 492 g/mol. The maximum Gasteiger partial charge on any atom is 0.243 e. The summed E-state index contributed by atoms with van der Waals surface area (Å²) in [6.45, 7) is 0.923. The Bertz CT molecular complexity index is 571. The number of aliphatic imine (C=N–C) groups is 1. The number of amides is 1. The second-order valence-electron chi connectivity index (χ2n) is 6.74. The van der Waals surface area contributed by atoms with Crippen LogP contribution in [0, 0.1) is 0 Å². The number of guanidine groups is 1. The third-order valence-corrected chi connectivity index (χ3v) is 4.69. The maximum absolute atomic E-state index is 11.8. The molecule has 0 saturated heterocycles. The highest BCUT2D eigenvalue weighted by atomic mass is 127. The third-order valence-electron chi connectivity index (χ3n) is 4.44. The van der Waals surface area contributed by atoms with Crippen LogP contribution in [0.4, 0.5) is 0 Å². The molecular weight excluding hydrogens is 463 g/mol. The second-order valence-corrected chi connectivity index (χ2v) is 7.17. The molecule has 1 amide bonds. The standard InChI is InChI=1S/C19H29ClN4O.HI/c1-24(2)18(25)14-22-19(23-17-6-4-3-5-7-17)21-13-12-15-8-10-16(20)11-9-15;/h8-11,17H,3-7,12-14H2,1-2H3,(H2,21,22,23);1H. The van der Waals surface area contributed by atoms with E-state index < -0.39 is 0 Å². The van der Waals surface area contributed by atoms with Gasteiger partial charge < -0.3 is 15.5 Å². The average Bonchev–Trinajstić information content (AvgIpc) is 2.61. The Morgan fingerprint density at radius 2 is 1.85 bits per heavy atom. The van der Waals surface area contributed by atoms with Gasteiger partial charge in [0.25, 0.3) is 0 Å². The van der Waals surface area contributed by atoms with E-state index in [0.717, 1.165) is 23.9 Å². The predicted molar refractivity (Wildman–Crippen MR) is 120 cm³/mol. The molecule has 0 atom stereocenters. The van der Waals surface area contributed by atoms with E-state index in [1.54, 1.807) is 19.0 Å². The summed E-state index contributed by atoms with van der Waals surface area (Å²) in [6, 6.07) is 8.32. The molecule has 2 N–H and O–H groups in total. The Balaban J connectivity index is 0.00000338. The van der Waals surface area contributed by atoms with Gasteiger partial charge in [0.15, 0.2) is 5.96 Å². The first kappa shape index (κ1) is 23.0. The number of halogens is 2. The molecule has 1 aromatic carbocycles. The van der Waals surface area contributed by atoms with Gasteiger partial charge in [-0.2, -0.15) is 0 Å². The topological polar surface area (TPSA) is 56.7 Å². The molecule has 0 aliphatic heterocycles. The zero-order valence-electron chi connectivity index (χ0n) is 15.6. The van der Waals surface area contributed by atoms with Gasteiger partial charge in [0, 0.05) is 31.7 Å². The molecule has 1 fully saturated rings. The van der Waals surface area contributed by atoms with E-state index in [-0.39, 0.29) is 36.4 Å². The lowest BCUT2D eigenvalue weighted by atomic mass is 9.96. The van der Waals surface area contributed by atoms with Crippen molar-refractivity contribution in [3.05, 3.63) is 34.9 Å². The fourth-order valence-corrected chi connectivity index (χ4v) is 2.98. The molecule has 0 heterocycles. The van der Waals surface area contributed by atoms with Gasteiger partial charge in [-0.25, -0.2) is 4.99 Å². The molecule has 0 unspecified atom stereocenters. The van der Waals surface area contributed by atoms with Crippen LogP contribution in [0.25, 0.3) is 0 Å².